The van der Waals surface area contributed by atoms with Crippen LogP contribution in [0.1, 0.15) is 38.8 Å². The van der Waals surface area contributed by atoms with Crippen LogP contribution in [0.3, 0.4) is 0 Å². The lowest BCUT2D eigenvalue weighted by Gasteiger charge is -2.07. The molecule has 0 aliphatic rings. The molecule has 0 aliphatic carbocycles. The molecule has 3 aromatic rings. The van der Waals surface area contributed by atoms with E-state index in [1.54, 1.807) is 31.4 Å². The molecule has 0 spiro atoms. The molecule has 0 saturated heterocycles. The summed E-state index contributed by atoms with van der Waals surface area (Å²) in [5.41, 5.74) is 4.45. The number of hydrogen-bond donors (Lipinski definition) is 0. The second-order valence-corrected chi connectivity index (χ2v) is 7.52. The van der Waals surface area contributed by atoms with Crippen LogP contribution in [-0.4, -0.2) is 30.0 Å². The Labute approximate surface area is 161 Å². The number of benzene rings is 2. The Morgan fingerprint density at radius 2 is 1.78 bits per heavy atom. The van der Waals surface area contributed by atoms with E-state index in [-0.39, 0.29) is 11.7 Å². The van der Waals surface area contributed by atoms with Crippen molar-refractivity contribution in [2.75, 3.05) is 13.7 Å². The minimum Gasteiger partial charge on any atom is -0.383 e. The molecule has 5 nitrogen and oxygen atoms in total. The predicted molar refractivity (Wildman–Crippen MR) is 108 cm³/mol. The first-order valence-electron chi connectivity index (χ1n) is 8.70. The highest BCUT2D eigenvalue weighted by Crippen LogP contribution is 2.23. The smallest absolute Gasteiger partial charge is 0.279 e. The fourth-order valence-corrected chi connectivity index (χ4v) is 4.30. The first-order valence-corrected chi connectivity index (χ1v) is 9.52. The van der Waals surface area contributed by atoms with E-state index in [4.69, 9.17) is 4.74 Å². The highest BCUT2D eigenvalue weighted by atomic mass is 32.1. The number of ketones is 1. The molecule has 2 aromatic carbocycles. The number of aromatic nitrogens is 1. The average Bonchev–Trinajstić information content (AvgIpc) is 2.96. The van der Waals surface area contributed by atoms with Gasteiger partial charge in [0.25, 0.3) is 5.91 Å². The Balaban J connectivity index is 2.09. The first-order chi connectivity index (χ1) is 12.9. The SMILES string of the molecule is COCCn1c(=NC(=O)c2ccc(C(C)=O)cc2)sc2cc(C)cc(C)c21. The zero-order valence-electron chi connectivity index (χ0n) is 15.9. The van der Waals surface area contributed by atoms with Gasteiger partial charge in [0.05, 0.1) is 16.8 Å². The van der Waals surface area contributed by atoms with Gasteiger partial charge >= 0.3 is 0 Å². The van der Waals surface area contributed by atoms with Crippen LogP contribution in [-0.2, 0) is 11.3 Å². The van der Waals surface area contributed by atoms with Gasteiger partial charge in [0.1, 0.15) is 0 Å². The lowest BCUT2D eigenvalue weighted by Crippen LogP contribution is -2.19. The number of fused-ring (bicyclic) bond motifs is 1. The molecule has 140 valence electrons. The molecule has 1 aromatic heterocycles. The molecule has 0 radical (unpaired) electrons. The maximum atomic E-state index is 12.7. The molecule has 1 heterocycles. The van der Waals surface area contributed by atoms with Crippen LogP contribution in [0.5, 0.6) is 0 Å². The van der Waals surface area contributed by atoms with Crippen LogP contribution in [0.4, 0.5) is 0 Å². The molecular weight excluding hydrogens is 360 g/mol. The summed E-state index contributed by atoms with van der Waals surface area (Å²) in [7, 11) is 1.66. The fourth-order valence-electron chi connectivity index (χ4n) is 3.07. The van der Waals surface area contributed by atoms with Gasteiger partial charge in [-0.25, -0.2) is 0 Å². The van der Waals surface area contributed by atoms with E-state index in [0.29, 0.717) is 29.1 Å². The van der Waals surface area contributed by atoms with Gasteiger partial charge in [-0.2, -0.15) is 4.99 Å². The van der Waals surface area contributed by atoms with E-state index in [0.717, 1.165) is 15.8 Å². The maximum absolute atomic E-state index is 12.7. The molecule has 0 saturated carbocycles. The fraction of sp³-hybridized carbons (Fsp3) is 0.286. The van der Waals surface area contributed by atoms with Gasteiger partial charge in [-0.15, -0.1) is 0 Å². The van der Waals surface area contributed by atoms with Gasteiger partial charge < -0.3 is 9.30 Å². The summed E-state index contributed by atoms with van der Waals surface area (Å²) >= 11 is 1.50. The monoisotopic (exact) mass is 382 g/mol. The highest BCUT2D eigenvalue weighted by Gasteiger charge is 2.12. The lowest BCUT2D eigenvalue weighted by atomic mass is 10.1. The van der Waals surface area contributed by atoms with Crippen molar-refractivity contribution in [3.63, 3.8) is 0 Å². The van der Waals surface area contributed by atoms with Crippen molar-refractivity contribution in [1.82, 2.24) is 4.57 Å². The predicted octanol–water partition coefficient (Wildman–Crippen LogP) is 3.91. The first kappa shape index (κ1) is 19.2. The summed E-state index contributed by atoms with van der Waals surface area (Å²) in [6, 6.07) is 10.8. The van der Waals surface area contributed by atoms with Crippen molar-refractivity contribution < 1.29 is 14.3 Å². The van der Waals surface area contributed by atoms with E-state index < -0.39 is 0 Å². The van der Waals surface area contributed by atoms with Crippen LogP contribution in [0.15, 0.2) is 41.4 Å². The molecule has 3 rings (SSSR count). The Bertz CT molecular complexity index is 1080. The average molecular weight is 382 g/mol. The van der Waals surface area contributed by atoms with Crippen molar-refractivity contribution in [3.8, 4) is 0 Å². The quantitative estimate of drug-likeness (QED) is 0.629. The number of aryl methyl sites for hydroxylation is 2. The van der Waals surface area contributed by atoms with Crippen LogP contribution in [0, 0.1) is 13.8 Å². The molecule has 0 atom stereocenters. The summed E-state index contributed by atoms with van der Waals surface area (Å²) in [6.07, 6.45) is 0. The van der Waals surface area contributed by atoms with Crippen LogP contribution < -0.4 is 4.80 Å². The topological polar surface area (TPSA) is 60.7 Å². The van der Waals surface area contributed by atoms with Gasteiger partial charge in [-0.05, 0) is 50.1 Å². The highest BCUT2D eigenvalue weighted by molar-refractivity contribution is 7.16. The molecule has 0 N–H and O–H groups in total. The van der Waals surface area contributed by atoms with Gasteiger partial charge in [-0.1, -0.05) is 29.5 Å². The Morgan fingerprint density at radius 1 is 1.11 bits per heavy atom. The number of ether oxygens (including phenoxy) is 1. The Hall–Kier alpha value is -2.57. The number of nitrogens with zero attached hydrogens (tertiary/aromatic N) is 2. The number of carbonyl (C=O) groups is 2. The van der Waals surface area contributed by atoms with E-state index in [1.807, 2.05) is 4.57 Å². The number of hydrogen-bond acceptors (Lipinski definition) is 4. The molecule has 0 fully saturated rings. The second-order valence-electron chi connectivity index (χ2n) is 6.51. The summed E-state index contributed by atoms with van der Waals surface area (Å²) in [5.74, 6) is -0.351. The number of carbonyl (C=O) groups excluding carboxylic acids is 2. The number of Topliss-reactive ketones (excluding diaryl/α,β-unsaturated/α-hetero) is 1. The standard InChI is InChI=1S/C21H22N2O3S/c1-13-11-14(2)19-18(12-13)27-21(23(19)9-10-26-4)22-20(25)17-7-5-16(6-8-17)15(3)24/h5-8,11-12H,9-10H2,1-4H3. The Kier molecular flexibility index (Phi) is 5.68. The minimum atomic E-state index is -0.322. The zero-order valence-corrected chi connectivity index (χ0v) is 16.7. The largest absolute Gasteiger partial charge is 0.383 e. The molecule has 0 unspecified atom stereocenters. The summed E-state index contributed by atoms with van der Waals surface area (Å²) in [6.45, 7) is 6.78. The number of amides is 1. The maximum Gasteiger partial charge on any atom is 0.279 e. The van der Waals surface area contributed by atoms with Crippen molar-refractivity contribution in [2.24, 2.45) is 4.99 Å². The van der Waals surface area contributed by atoms with Crippen LogP contribution >= 0.6 is 11.3 Å². The number of thiazole rings is 1. The number of rotatable bonds is 5. The second kappa shape index (κ2) is 7.98. The molecule has 1 amide bonds. The summed E-state index contributed by atoms with van der Waals surface area (Å²) < 4.78 is 8.37. The normalized spacial score (nSPS) is 11.9. The lowest BCUT2D eigenvalue weighted by molar-refractivity contribution is 0.0991. The third-order valence-corrected chi connectivity index (χ3v) is 5.39. The Morgan fingerprint density at radius 3 is 2.41 bits per heavy atom. The third-order valence-electron chi connectivity index (χ3n) is 4.37. The molecule has 6 heteroatoms. The molecule has 27 heavy (non-hydrogen) atoms. The van der Waals surface area contributed by atoms with Crippen LogP contribution in [0.25, 0.3) is 10.2 Å². The van der Waals surface area contributed by atoms with Crippen molar-refractivity contribution in [2.45, 2.75) is 27.3 Å². The zero-order chi connectivity index (χ0) is 19.6. The minimum absolute atomic E-state index is 0.0290. The van der Waals surface area contributed by atoms with Crippen molar-refractivity contribution >= 4 is 33.2 Å². The van der Waals surface area contributed by atoms with Gasteiger partial charge in [0.15, 0.2) is 10.6 Å². The van der Waals surface area contributed by atoms with Gasteiger partial charge in [0.2, 0.25) is 0 Å². The van der Waals surface area contributed by atoms with E-state index in [9.17, 15) is 9.59 Å². The van der Waals surface area contributed by atoms with Crippen molar-refractivity contribution in [3.05, 3.63) is 63.5 Å². The summed E-state index contributed by atoms with van der Waals surface area (Å²) in [5, 5.41) is 0. The van der Waals surface area contributed by atoms with Crippen molar-refractivity contribution in [1.29, 1.82) is 0 Å². The molecule has 0 aliphatic heterocycles. The van der Waals surface area contributed by atoms with E-state index in [2.05, 4.69) is 31.0 Å². The molecular formula is C21H22N2O3S. The molecule has 0 bridgehead atoms. The summed E-state index contributed by atoms with van der Waals surface area (Å²) in [4.78, 5) is 29.1. The van der Waals surface area contributed by atoms with Gasteiger partial charge in [0, 0.05) is 24.8 Å². The van der Waals surface area contributed by atoms with Gasteiger partial charge in [-0.3, -0.25) is 9.59 Å². The number of methoxy groups -OCH3 is 1. The third kappa shape index (κ3) is 4.07. The van der Waals surface area contributed by atoms with E-state index >= 15 is 0 Å². The van der Waals surface area contributed by atoms with Crippen LogP contribution in [0.2, 0.25) is 0 Å². The van der Waals surface area contributed by atoms with E-state index in [1.165, 1.54) is 23.8 Å².